The van der Waals surface area contributed by atoms with Gasteiger partial charge in [0.2, 0.25) is 0 Å². The molecule has 0 atom stereocenters. The van der Waals surface area contributed by atoms with Crippen molar-refractivity contribution < 1.29 is 19.1 Å². The Morgan fingerprint density at radius 2 is 1.92 bits per heavy atom. The van der Waals surface area contributed by atoms with Crippen molar-refractivity contribution in [2.75, 3.05) is 19.0 Å². The molecule has 0 fully saturated rings. The van der Waals surface area contributed by atoms with Gasteiger partial charge in [-0.15, -0.1) is 0 Å². The molecule has 1 amide bonds. The first-order chi connectivity index (χ1) is 12.1. The molecule has 25 heavy (non-hydrogen) atoms. The normalized spacial score (nSPS) is 10.5. The van der Waals surface area contributed by atoms with Crippen molar-refractivity contribution in [3.8, 4) is 5.75 Å². The highest BCUT2D eigenvalue weighted by molar-refractivity contribution is 5.98. The Hall–Kier alpha value is -3.28. The van der Waals surface area contributed by atoms with Gasteiger partial charge in [-0.3, -0.25) is 4.79 Å². The van der Waals surface area contributed by atoms with Crippen LogP contribution in [0.4, 0.5) is 5.69 Å². The number of hydrogen-bond donors (Lipinski definition) is 2. The zero-order valence-corrected chi connectivity index (χ0v) is 14.0. The fraction of sp³-hybridized carbons (Fsp3) is 0.158. The molecule has 6 heteroatoms. The Labute approximate surface area is 144 Å². The van der Waals surface area contributed by atoms with E-state index in [9.17, 15) is 9.59 Å². The number of hydrogen-bond acceptors (Lipinski definition) is 4. The summed E-state index contributed by atoms with van der Waals surface area (Å²) in [5.74, 6) is -0.475. The van der Waals surface area contributed by atoms with E-state index in [0.717, 1.165) is 16.5 Å². The van der Waals surface area contributed by atoms with E-state index in [1.54, 1.807) is 18.2 Å². The zero-order valence-electron chi connectivity index (χ0n) is 14.0. The van der Waals surface area contributed by atoms with Crippen LogP contribution in [0.15, 0.2) is 48.5 Å². The Balaban J connectivity index is 1.62. The van der Waals surface area contributed by atoms with Crippen molar-refractivity contribution in [1.29, 1.82) is 0 Å². The third kappa shape index (κ3) is 3.80. The van der Waals surface area contributed by atoms with Crippen LogP contribution in [0.1, 0.15) is 16.1 Å². The lowest BCUT2D eigenvalue weighted by molar-refractivity contribution is -0.119. The van der Waals surface area contributed by atoms with Gasteiger partial charge in [0, 0.05) is 10.9 Å². The standard InChI is InChI=1S/C19H18N2O4/c1-12-7-8-17(24-2)15(9-12)21-18(22)11-25-19(23)16-10-13-5-3-4-6-14(13)20-16/h3-10,20H,11H2,1-2H3,(H,21,22). The predicted octanol–water partition coefficient (Wildman–Crippen LogP) is 3.28. The maximum atomic E-state index is 12.1. The predicted molar refractivity (Wildman–Crippen MR) is 94.9 cm³/mol. The number of aryl methyl sites for hydroxylation is 1. The van der Waals surface area contributed by atoms with Crippen molar-refractivity contribution in [2.24, 2.45) is 0 Å². The first-order valence-electron chi connectivity index (χ1n) is 7.76. The van der Waals surface area contributed by atoms with Gasteiger partial charge in [0.1, 0.15) is 11.4 Å². The number of carbonyl (C=O) groups excluding carboxylic acids is 2. The van der Waals surface area contributed by atoms with E-state index in [2.05, 4.69) is 10.3 Å². The molecule has 1 aromatic heterocycles. The van der Waals surface area contributed by atoms with Crippen molar-refractivity contribution in [2.45, 2.75) is 6.92 Å². The van der Waals surface area contributed by atoms with Crippen LogP contribution >= 0.6 is 0 Å². The van der Waals surface area contributed by atoms with Gasteiger partial charge in [0.15, 0.2) is 6.61 Å². The number of aromatic nitrogens is 1. The Kier molecular flexibility index (Phi) is 4.70. The average Bonchev–Trinajstić information content (AvgIpc) is 3.04. The van der Waals surface area contributed by atoms with Gasteiger partial charge in [-0.25, -0.2) is 4.79 Å². The number of nitrogens with one attached hydrogen (secondary N) is 2. The van der Waals surface area contributed by atoms with Gasteiger partial charge in [-0.2, -0.15) is 0 Å². The van der Waals surface area contributed by atoms with Gasteiger partial charge in [-0.05, 0) is 36.8 Å². The fourth-order valence-corrected chi connectivity index (χ4v) is 2.50. The first kappa shape index (κ1) is 16.6. The van der Waals surface area contributed by atoms with Gasteiger partial charge in [-0.1, -0.05) is 24.3 Å². The number of carbonyl (C=O) groups is 2. The topological polar surface area (TPSA) is 80.4 Å². The fourth-order valence-electron chi connectivity index (χ4n) is 2.50. The molecule has 1 heterocycles. The third-order valence-corrected chi connectivity index (χ3v) is 3.71. The highest BCUT2D eigenvalue weighted by atomic mass is 16.5. The second-order valence-corrected chi connectivity index (χ2v) is 5.60. The summed E-state index contributed by atoms with van der Waals surface area (Å²) in [7, 11) is 1.52. The van der Waals surface area contributed by atoms with E-state index < -0.39 is 11.9 Å². The van der Waals surface area contributed by atoms with Crippen LogP contribution in [0.3, 0.4) is 0 Å². The molecule has 2 aromatic carbocycles. The number of amides is 1. The van der Waals surface area contributed by atoms with Gasteiger partial charge in [0.25, 0.3) is 5.91 Å². The molecule has 0 saturated heterocycles. The average molecular weight is 338 g/mol. The summed E-state index contributed by atoms with van der Waals surface area (Å²) in [4.78, 5) is 27.1. The molecule has 6 nitrogen and oxygen atoms in total. The smallest absolute Gasteiger partial charge is 0.355 e. The first-order valence-corrected chi connectivity index (χ1v) is 7.76. The maximum absolute atomic E-state index is 12.1. The number of benzene rings is 2. The van der Waals surface area contributed by atoms with Crippen LogP contribution in [0, 0.1) is 6.92 Å². The number of fused-ring (bicyclic) bond motifs is 1. The van der Waals surface area contributed by atoms with Crippen LogP contribution in [-0.4, -0.2) is 30.6 Å². The summed E-state index contributed by atoms with van der Waals surface area (Å²) in [5.41, 5.74) is 2.66. The lowest BCUT2D eigenvalue weighted by atomic mass is 10.2. The second kappa shape index (κ2) is 7.09. The largest absolute Gasteiger partial charge is 0.495 e. The number of ether oxygens (including phenoxy) is 2. The summed E-state index contributed by atoms with van der Waals surface area (Å²) >= 11 is 0. The number of methoxy groups -OCH3 is 1. The Bertz CT molecular complexity index is 897. The number of H-pyrrole nitrogens is 1. The SMILES string of the molecule is COc1ccc(C)cc1NC(=O)COC(=O)c1cc2ccccc2[nH]1. The molecule has 3 rings (SSSR count). The molecule has 0 aliphatic rings. The van der Waals surface area contributed by atoms with E-state index in [1.807, 2.05) is 37.3 Å². The molecule has 0 unspecified atom stereocenters. The van der Waals surface area contributed by atoms with Gasteiger partial charge < -0.3 is 19.8 Å². The van der Waals surface area contributed by atoms with E-state index in [4.69, 9.17) is 9.47 Å². The molecular weight excluding hydrogens is 320 g/mol. The summed E-state index contributed by atoms with van der Waals surface area (Å²) in [6.07, 6.45) is 0. The van der Waals surface area contributed by atoms with E-state index in [1.165, 1.54) is 7.11 Å². The Morgan fingerprint density at radius 3 is 2.68 bits per heavy atom. The van der Waals surface area contributed by atoms with Crippen molar-refractivity contribution in [1.82, 2.24) is 4.98 Å². The van der Waals surface area contributed by atoms with E-state index >= 15 is 0 Å². The summed E-state index contributed by atoms with van der Waals surface area (Å²) in [6.45, 7) is 1.52. The minimum absolute atomic E-state index is 0.308. The third-order valence-electron chi connectivity index (χ3n) is 3.71. The van der Waals surface area contributed by atoms with Crippen LogP contribution in [-0.2, 0) is 9.53 Å². The highest BCUT2D eigenvalue weighted by Gasteiger charge is 2.14. The molecule has 0 spiro atoms. The monoisotopic (exact) mass is 338 g/mol. The summed E-state index contributed by atoms with van der Waals surface area (Å²) in [5, 5.41) is 3.59. The summed E-state index contributed by atoms with van der Waals surface area (Å²) < 4.78 is 10.3. The number of para-hydroxylation sites is 1. The van der Waals surface area contributed by atoms with Crippen LogP contribution in [0.5, 0.6) is 5.75 Å². The number of rotatable bonds is 5. The molecule has 3 aromatic rings. The molecule has 0 bridgehead atoms. The van der Waals surface area contributed by atoms with Crippen molar-refractivity contribution in [3.63, 3.8) is 0 Å². The van der Waals surface area contributed by atoms with Crippen molar-refractivity contribution >= 4 is 28.5 Å². The number of esters is 1. The molecule has 2 N–H and O–H groups in total. The van der Waals surface area contributed by atoms with Gasteiger partial charge >= 0.3 is 5.97 Å². The Morgan fingerprint density at radius 1 is 1.12 bits per heavy atom. The molecule has 128 valence electrons. The lowest BCUT2D eigenvalue weighted by Gasteiger charge is -2.11. The number of anilines is 1. The molecule has 0 aliphatic heterocycles. The minimum atomic E-state index is -0.581. The zero-order chi connectivity index (χ0) is 17.8. The molecular formula is C19H18N2O4. The molecule has 0 saturated carbocycles. The van der Waals surface area contributed by atoms with Crippen LogP contribution in [0.25, 0.3) is 10.9 Å². The molecule has 0 aliphatic carbocycles. The second-order valence-electron chi connectivity index (χ2n) is 5.60. The van der Waals surface area contributed by atoms with E-state index in [-0.39, 0.29) is 6.61 Å². The minimum Gasteiger partial charge on any atom is -0.495 e. The lowest BCUT2D eigenvalue weighted by Crippen LogP contribution is -2.21. The van der Waals surface area contributed by atoms with Crippen LogP contribution in [0.2, 0.25) is 0 Å². The summed E-state index contributed by atoms with van der Waals surface area (Å²) in [6, 6.07) is 14.6. The van der Waals surface area contributed by atoms with Crippen molar-refractivity contribution in [3.05, 3.63) is 59.8 Å². The maximum Gasteiger partial charge on any atom is 0.355 e. The number of aromatic amines is 1. The van der Waals surface area contributed by atoms with E-state index in [0.29, 0.717) is 17.1 Å². The highest BCUT2D eigenvalue weighted by Crippen LogP contribution is 2.25. The van der Waals surface area contributed by atoms with Gasteiger partial charge in [0.05, 0.1) is 12.8 Å². The van der Waals surface area contributed by atoms with Crippen LogP contribution < -0.4 is 10.1 Å². The quantitative estimate of drug-likeness (QED) is 0.700. The molecule has 0 radical (unpaired) electrons.